The molecule has 4 heterocycles. The van der Waals surface area contributed by atoms with Crippen molar-refractivity contribution >= 4 is 11.6 Å². The normalized spacial score (nSPS) is 36.5. The predicted molar refractivity (Wildman–Crippen MR) is 151 cm³/mol. The van der Waals surface area contributed by atoms with Gasteiger partial charge in [0.2, 0.25) is 5.91 Å². The van der Waals surface area contributed by atoms with Gasteiger partial charge in [-0.05, 0) is 68.6 Å². The van der Waals surface area contributed by atoms with E-state index in [1.165, 1.54) is 56.2 Å². The Morgan fingerprint density at radius 1 is 0.923 bits per heavy atom. The number of nitrogens with one attached hydrogen (secondary N) is 3. The number of ether oxygens (including phenoxy) is 2. The molecule has 1 aromatic rings. The van der Waals surface area contributed by atoms with Crippen molar-refractivity contribution in [2.45, 2.75) is 93.9 Å². The monoisotopic (exact) mass is 537 g/mol. The summed E-state index contributed by atoms with van der Waals surface area (Å²) in [6.07, 6.45) is 11.7. The highest BCUT2D eigenvalue weighted by atomic mass is 16.5. The van der Waals surface area contributed by atoms with Crippen LogP contribution in [0.1, 0.15) is 75.8 Å². The van der Waals surface area contributed by atoms with E-state index in [0.717, 1.165) is 65.3 Å². The van der Waals surface area contributed by atoms with E-state index >= 15 is 0 Å². The highest BCUT2D eigenvalue weighted by Gasteiger charge is 2.44. The minimum atomic E-state index is 0.101. The fourth-order valence-corrected chi connectivity index (χ4v) is 8.78. The molecule has 4 aliphatic heterocycles. The summed E-state index contributed by atoms with van der Waals surface area (Å²) in [5, 5.41) is 3.47. The Hall–Kier alpha value is -1.71. The van der Waals surface area contributed by atoms with Crippen LogP contribution >= 0.6 is 0 Å². The lowest BCUT2D eigenvalue weighted by Crippen LogP contribution is -2.60. The second-order valence-corrected chi connectivity index (χ2v) is 13.1. The molecule has 6 unspecified atom stereocenters. The molecule has 39 heavy (non-hydrogen) atoms. The quantitative estimate of drug-likeness (QED) is 0.515. The van der Waals surface area contributed by atoms with Crippen LogP contribution in [-0.4, -0.2) is 80.5 Å². The Labute approximate surface area is 233 Å². The third-order valence-electron chi connectivity index (χ3n) is 11.0. The van der Waals surface area contributed by atoms with Gasteiger partial charge in [-0.2, -0.15) is 0 Å². The van der Waals surface area contributed by atoms with Gasteiger partial charge in [-0.1, -0.05) is 31.4 Å². The average molecular weight is 538 g/mol. The van der Waals surface area contributed by atoms with Gasteiger partial charge in [0.05, 0.1) is 44.6 Å². The van der Waals surface area contributed by atoms with Crippen molar-refractivity contribution in [2.75, 3.05) is 51.0 Å². The molecule has 8 heteroatoms. The van der Waals surface area contributed by atoms with Crippen molar-refractivity contribution in [3.8, 4) is 0 Å². The van der Waals surface area contributed by atoms with E-state index in [0.29, 0.717) is 24.0 Å². The number of anilines is 1. The molecule has 8 nitrogen and oxygen atoms in total. The van der Waals surface area contributed by atoms with E-state index in [-0.39, 0.29) is 23.4 Å². The zero-order chi connectivity index (χ0) is 26.2. The van der Waals surface area contributed by atoms with Crippen LogP contribution < -0.4 is 21.1 Å². The number of benzene rings is 1. The van der Waals surface area contributed by atoms with Crippen LogP contribution in [0.4, 0.5) is 5.69 Å². The molecular weight excluding hydrogens is 490 g/mol. The summed E-state index contributed by atoms with van der Waals surface area (Å²) >= 11 is 0. The van der Waals surface area contributed by atoms with Gasteiger partial charge in [0.25, 0.3) is 0 Å². The van der Waals surface area contributed by atoms with E-state index in [4.69, 9.17) is 9.47 Å². The summed E-state index contributed by atoms with van der Waals surface area (Å²) in [6, 6.07) is 11.0. The molecule has 2 aliphatic carbocycles. The minimum absolute atomic E-state index is 0.101. The lowest BCUT2D eigenvalue weighted by atomic mass is 9.74. The second kappa shape index (κ2) is 11.3. The van der Waals surface area contributed by atoms with Gasteiger partial charge in [0.15, 0.2) is 0 Å². The molecule has 7 rings (SSSR count). The summed E-state index contributed by atoms with van der Waals surface area (Å²) in [6.45, 7) is 6.12. The van der Waals surface area contributed by atoms with E-state index in [2.05, 4.69) is 50.2 Å². The maximum Gasteiger partial charge on any atom is 0.223 e. The van der Waals surface area contributed by atoms with Crippen molar-refractivity contribution in [3.05, 3.63) is 29.8 Å². The van der Waals surface area contributed by atoms with Crippen LogP contribution in [0.5, 0.6) is 0 Å². The minimum Gasteiger partial charge on any atom is -0.379 e. The highest BCUT2D eigenvalue weighted by Crippen LogP contribution is 2.42. The molecule has 6 aliphatic rings. The average Bonchev–Trinajstić information content (AvgIpc) is 3.53. The maximum atomic E-state index is 13.6. The van der Waals surface area contributed by atoms with E-state index in [1.54, 1.807) is 0 Å². The number of hydrazine groups is 1. The van der Waals surface area contributed by atoms with E-state index < -0.39 is 0 Å². The summed E-state index contributed by atoms with van der Waals surface area (Å²) in [7, 11) is 0. The van der Waals surface area contributed by atoms with Gasteiger partial charge in [-0.25, -0.2) is 5.43 Å². The molecule has 1 aromatic carbocycles. The third-order valence-corrected chi connectivity index (χ3v) is 11.0. The summed E-state index contributed by atoms with van der Waals surface area (Å²) in [5.41, 5.74) is 9.95. The largest absolute Gasteiger partial charge is 0.379 e. The topological polar surface area (TPSA) is 78.1 Å². The van der Waals surface area contributed by atoms with Crippen LogP contribution in [0.2, 0.25) is 0 Å². The predicted octanol–water partition coefficient (Wildman–Crippen LogP) is 3.14. The summed E-state index contributed by atoms with van der Waals surface area (Å²) in [5.74, 6) is 0.808. The number of carbonyl (C=O) groups is 1. The number of morpholine rings is 2. The molecule has 0 radical (unpaired) electrons. The van der Waals surface area contributed by atoms with Crippen molar-refractivity contribution in [2.24, 2.45) is 11.8 Å². The highest BCUT2D eigenvalue weighted by molar-refractivity contribution is 5.79. The molecule has 4 saturated heterocycles. The van der Waals surface area contributed by atoms with Gasteiger partial charge in [0.1, 0.15) is 0 Å². The standard InChI is InChI=1S/C31H47N5O3/c37-30(32-21-31(12-2-1-3-13-31)35-14-16-38-17-15-35)23-6-11-28-27(18-23)29(34-33-28)22-4-7-24(8-5-22)36-25-9-10-26(36)20-39-19-25/h4-5,7-8,23,25-29,33-34H,1-3,6,9-21H2,(H,32,37). The van der Waals surface area contributed by atoms with E-state index in [9.17, 15) is 4.79 Å². The first-order valence-electron chi connectivity index (χ1n) is 15.8. The first-order chi connectivity index (χ1) is 19.2. The second-order valence-electron chi connectivity index (χ2n) is 13.1. The molecule has 2 bridgehead atoms. The lowest BCUT2D eigenvalue weighted by molar-refractivity contribution is -0.127. The Balaban J connectivity index is 0.989. The molecule has 3 N–H and O–H groups in total. The van der Waals surface area contributed by atoms with Gasteiger partial charge >= 0.3 is 0 Å². The van der Waals surface area contributed by atoms with Crippen LogP contribution in [0.25, 0.3) is 0 Å². The molecular formula is C31H47N5O3. The van der Waals surface area contributed by atoms with Gasteiger partial charge in [-0.15, -0.1) is 0 Å². The van der Waals surface area contributed by atoms with Gasteiger partial charge < -0.3 is 19.7 Å². The number of hydrogen-bond donors (Lipinski definition) is 3. The molecule has 214 valence electrons. The number of amides is 1. The molecule has 6 atom stereocenters. The fraction of sp³-hybridized carbons (Fsp3) is 0.774. The molecule has 6 fully saturated rings. The van der Waals surface area contributed by atoms with Crippen LogP contribution in [0.3, 0.4) is 0 Å². The molecule has 1 amide bonds. The first kappa shape index (κ1) is 26.2. The Morgan fingerprint density at radius 2 is 1.67 bits per heavy atom. The van der Waals surface area contributed by atoms with Crippen LogP contribution in [0.15, 0.2) is 24.3 Å². The number of fused-ring (bicyclic) bond motifs is 3. The first-order valence-corrected chi connectivity index (χ1v) is 15.8. The number of carbonyl (C=O) groups excluding carboxylic acids is 1. The number of hydrogen-bond acceptors (Lipinski definition) is 7. The Kier molecular flexibility index (Phi) is 7.58. The molecule has 0 spiro atoms. The zero-order valence-electron chi connectivity index (χ0n) is 23.4. The number of nitrogens with zero attached hydrogens (tertiary/aromatic N) is 2. The lowest BCUT2D eigenvalue weighted by Gasteiger charge is -2.48. The summed E-state index contributed by atoms with van der Waals surface area (Å²) < 4.78 is 11.4. The SMILES string of the molecule is O=C(NCC1(N2CCOCC2)CCCCC1)C1CCC2NNC(c3ccc(N4C5CCC4COC5)cc3)C2C1. The molecule has 0 aromatic heterocycles. The number of rotatable bonds is 6. The van der Waals surface area contributed by atoms with Crippen molar-refractivity contribution in [3.63, 3.8) is 0 Å². The van der Waals surface area contributed by atoms with Gasteiger partial charge in [0, 0.05) is 42.8 Å². The third kappa shape index (κ3) is 5.12. The maximum absolute atomic E-state index is 13.6. The smallest absolute Gasteiger partial charge is 0.223 e. The Bertz CT molecular complexity index is 976. The van der Waals surface area contributed by atoms with Crippen LogP contribution in [-0.2, 0) is 14.3 Å². The van der Waals surface area contributed by atoms with E-state index in [1.807, 2.05) is 0 Å². The zero-order valence-corrected chi connectivity index (χ0v) is 23.4. The van der Waals surface area contributed by atoms with Crippen molar-refractivity contribution in [1.82, 2.24) is 21.1 Å². The van der Waals surface area contributed by atoms with Gasteiger partial charge in [-0.3, -0.25) is 15.1 Å². The molecule has 2 saturated carbocycles. The summed E-state index contributed by atoms with van der Waals surface area (Å²) in [4.78, 5) is 18.8. The fourth-order valence-electron chi connectivity index (χ4n) is 8.78. The van der Waals surface area contributed by atoms with Crippen molar-refractivity contribution in [1.29, 1.82) is 0 Å². The van der Waals surface area contributed by atoms with Crippen LogP contribution in [0, 0.1) is 11.8 Å². The van der Waals surface area contributed by atoms with Crippen molar-refractivity contribution < 1.29 is 14.3 Å². The Morgan fingerprint density at radius 3 is 2.41 bits per heavy atom.